The van der Waals surface area contributed by atoms with Crippen molar-refractivity contribution in [2.75, 3.05) is 0 Å². The second-order valence-electron chi connectivity index (χ2n) is 4.71. The summed E-state index contributed by atoms with van der Waals surface area (Å²) in [6.45, 7) is 5.68. The van der Waals surface area contributed by atoms with E-state index in [4.69, 9.17) is 5.11 Å². The van der Waals surface area contributed by atoms with E-state index in [1.54, 1.807) is 6.92 Å². The Morgan fingerprint density at radius 1 is 1.12 bits per heavy atom. The van der Waals surface area contributed by atoms with E-state index in [1.807, 2.05) is 32.0 Å². The first-order chi connectivity index (χ1) is 7.88. The topological polar surface area (TPSA) is 54.4 Å². The predicted octanol–water partition coefficient (Wildman–Crippen LogP) is 2.99. The highest BCUT2D eigenvalue weighted by molar-refractivity contribution is 5.96. The van der Waals surface area contributed by atoms with Crippen LogP contribution in [-0.4, -0.2) is 16.9 Å². The van der Waals surface area contributed by atoms with Gasteiger partial charge in [-0.15, -0.1) is 0 Å². The third-order valence-electron chi connectivity index (χ3n) is 2.60. The number of aliphatic carboxylic acids is 1. The van der Waals surface area contributed by atoms with Crippen LogP contribution in [0.3, 0.4) is 0 Å². The summed E-state index contributed by atoms with van der Waals surface area (Å²) in [5.74, 6) is -0.961. The van der Waals surface area contributed by atoms with Crippen LogP contribution in [0.5, 0.6) is 0 Å². The van der Waals surface area contributed by atoms with Gasteiger partial charge in [-0.25, -0.2) is 0 Å². The number of carbonyl (C=O) groups is 2. The Hall–Kier alpha value is -1.64. The van der Waals surface area contributed by atoms with Crippen molar-refractivity contribution in [3.63, 3.8) is 0 Å². The lowest BCUT2D eigenvalue weighted by Crippen LogP contribution is -2.10. The minimum Gasteiger partial charge on any atom is -0.481 e. The molecule has 0 aliphatic heterocycles. The van der Waals surface area contributed by atoms with Crippen LogP contribution in [0.15, 0.2) is 18.2 Å². The molecule has 0 fully saturated rings. The molecule has 0 amide bonds. The maximum absolute atomic E-state index is 11.9. The molecule has 0 saturated heterocycles. The highest BCUT2D eigenvalue weighted by Crippen LogP contribution is 2.15. The summed E-state index contributed by atoms with van der Waals surface area (Å²) in [5.41, 5.74) is 2.79. The Balaban J connectivity index is 2.72. The molecule has 0 saturated carbocycles. The SMILES string of the molecule is Cc1cc(C)cc(C(=O)C[C@H](C)CC(=O)O)c1. The first kappa shape index (κ1) is 13.4. The Morgan fingerprint density at radius 3 is 2.12 bits per heavy atom. The predicted molar refractivity (Wildman–Crippen MR) is 66.3 cm³/mol. The molecule has 0 heterocycles. The number of hydrogen-bond donors (Lipinski definition) is 1. The number of aryl methyl sites for hydroxylation is 2. The van der Waals surface area contributed by atoms with Crippen molar-refractivity contribution in [1.82, 2.24) is 0 Å². The van der Waals surface area contributed by atoms with Crippen molar-refractivity contribution >= 4 is 11.8 Å². The third-order valence-corrected chi connectivity index (χ3v) is 2.60. The molecule has 17 heavy (non-hydrogen) atoms. The number of rotatable bonds is 5. The number of carboxylic acids is 1. The summed E-state index contributed by atoms with van der Waals surface area (Å²) in [6, 6.07) is 5.71. The second kappa shape index (κ2) is 5.62. The Labute approximate surface area is 101 Å². The number of carbonyl (C=O) groups excluding carboxylic acids is 1. The summed E-state index contributed by atoms with van der Waals surface area (Å²) in [6.07, 6.45) is 0.325. The Kier molecular flexibility index (Phi) is 4.44. The van der Waals surface area contributed by atoms with Gasteiger partial charge >= 0.3 is 5.97 Å². The number of hydrogen-bond acceptors (Lipinski definition) is 2. The van der Waals surface area contributed by atoms with Crippen LogP contribution in [0.2, 0.25) is 0 Å². The number of carboxylic acid groups (broad SMARTS) is 1. The molecule has 0 aromatic heterocycles. The molecular formula is C14H18O3. The van der Waals surface area contributed by atoms with Crippen LogP contribution in [0, 0.1) is 19.8 Å². The van der Waals surface area contributed by atoms with Gasteiger partial charge in [0.15, 0.2) is 5.78 Å². The third kappa shape index (κ3) is 4.39. The standard InChI is InChI=1S/C14H18O3/c1-9-4-10(2)6-12(5-9)13(15)7-11(3)8-14(16)17/h4-6,11H,7-8H2,1-3H3,(H,16,17)/t11-/m0/s1. The number of Topliss-reactive ketones (excluding diaryl/α,β-unsaturated/α-hetero) is 1. The van der Waals surface area contributed by atoms with Crippen molar-refractivity contribution in [2.24, 2.45) is 5.92 Å². The zero-order chi connectivity index (χ0) is 13.0. The summed E-state index contributed by atoms with van der Waals surface area (Å²) >= 11 is 0. The molecule has 1 aromatic carbocycles. The van der Waals surface area contributed by atoms with Crippen LogP contribution in [-0.2, 0) is 4.79 Å². The molecule has 1 atom stereocenters. The monoisotopic (exact) mass is 234 g/mol. The second-order valence-corrected chi connectivity index (χ2v) is 4.71. The van der Waals surface area contributed by atoms with Gasteiger partial charge in [-0.3, -0.25) is 9.59 Å². The van der Waals surface area contributed by atoms with Crippen LogP contribution < -0.4 is 0 Å². The van der Waals surface area contributed by atoms with Gasteiger partial charge in [0, 0.05) is 18.4 Å². The number of ketones is 1. The summed E-state index contributed by atoms with van der Waals surface area (Å²) in [7, 11) is 0. The normalized spacial score (nSPS) is 12.2. The fourth-order valence-corrected chi connectivity index (χ4v) is 1.94. The minimum atomic E-state index is -0.856. The van der Waals surface area contributed by atoms with Crippen LogP contribution in [0.25, 0.3) is 0 Å². The van der Waals surface area contributed by atoms with Crippen molar-refractivity contribution < 1.29 is 14.7 Å². The maximum Gasteiger partial charge on any atom is 0.303 e. The Morgan fingerprint density at radius 2 is 1.65 bits per heavy atom. The maximum atomic E-state index is 11.9. The van der Waals surface area contributed by atoms with Gasteiger partial charge in [0.05, 0.1) is 0 Å². The summed E-state index contributed by atoms with van der Waals surface area (Å²) in [5, 5.41) is 8.64. The Bertz CT molecular complexity index is 415. The summed E-state index contributed by atoms with van der Waals surface area (Å²) < 4.78 is 0. The van der Waals surface area contributed by atoms with Crippen LogP contribution >= 0.6 is 0 Å². The van der Waals surface area contributed by atoms with Crippen molar-refractivity contribution in [3.05, 3.63) is 34.9 Å². The highest BCUT2D eigenvalue weighted by atomic mass is 16.4. The molecule has 1 aromatic rings. The van der Waals surface area contributed by atoms with Crippen molar-refractivity contribution in [3.8, 4) is 0 Å². The zero-order valence-corrected chi connectivity index (χ0v) is 10.5. The number of benzene rings is 1. The van der Waals surface area contributed by atoms with E-state index in [9.17, 15) is 9.59 Å². The molecule has 3 heteroatoms. The first-order valence-corrected chi connectivity index (χ1v) is 5.71. The van der Waals surface area contributed by atoms with E-state index in [0.717, 1.165) is 11.1 Å². The lowest BCUT2D eigenvalue weighted by molar-refractivity contribution is -0.137. The lowest BCUT2D eigenvalue weighted by atomic mass is 9.95. The highest BCUT2D eigenvalue weighted by Gasteiger charge is 2.14. The van der Waals surface area contributed by atoms with E-state index in [-0.39, 0.29) is 24.5 Å². The molecule has 92 valence electrons. The van der Waals surface area contributed by atoms with E-state index in [0.29, 0.717) is 5.56 Å². The molecule has 0 radical (unpaired) electrons. The van der Waals surface area contributed by atoms with Crippen LogP contribution in [0.4, 0.5) is 0 Å². The van der Waals surface area contributed by atoms with Crippen molar-refractivity contribution in [1.29, 1.82) is 0 Å². The van der Waals surface area contributed by atoms with E-state index in [1.165, 1.54) is 0 Å². The fourth-order valence-electron chi connectivity index (χ4n) is 1.94. The smallest absolute Gasteiger partial charge is 0.303 e. The lowest BCUT2D eigenvalue weighted by Gasteiger charge is -2.08. The first-order valence-electron chi connectivity index (χ1n) is 5.71. The minimum absolute atomic E-state index is 0.0190. The molecular weight excluding hydrogens is 216 g/mol. The van der Waals surface area contributed by atoms with E-state index in [2.05, 4.69) is 0 Å². The largest absolute Gasteiger partial charge is 0.481 e. The van der Waals surface area contributed by atoms with Gasteiger partial charge in [0.1, 0.15) is 0 Å². The van der Waals surface area contributed by atoms with E-state index < -0.39 is 5.97 Å². The van der Waals surface area contributed by atoms with Gasteiger partial charge in [0.25, 0.3) is 0 Å². The van der Waals surface area contributed by atoms with Gasteiger partial charge in [-0.05, 0) is 31.9 Å². The average molecular weight is 234 g/mol. The van der Waals surface area contributed by atoms with Gasteiger partial charge in [-0.2, -0.15) is 0 Å². The molecule has 3 nitrogen and oxygen atoms in total. The molecule has 0 unspecified atom stereocenters. The molecule has 0 bridgehead atoms. The van der Waals surface area contributed by atoms with Crippen LogP contribution in [0.1, 0.15) is 41.3 Å². The zero-order valence-electron chi connectivity index (χ0n) is 10.5. The van der Waals surface area contributed by atoms with Gasteiger partial charge in [0.2, 0.25) is 0 Å². The average Bonchev–Trinajstić information content (AvgIpc) is 2.14. The fraction of sp³-hybridized carbons (Fsp3) is 0.429. The van der Waals surface area contributed by atoms with Gasteiger partial charge < -0.3 is 5.11 Å². The molecule has 1 N–H and O–H groups in total. The summed E-state index contributed by atoms with van der Waals surface area (Å²) in [4.78, 5) is 22.5. The van der Waals surface area contributed by atoms with E-state index >= 15 is 0 Å². The molecule has 0 aliphatic carbocycles. The van der Waals surface area contributed by atoms with Gasteiger partial charge in [-0.1, -0.05) is 24.1 Å². The van der Waals surface area contributed by atoms with Crippen molar-refractivity contribution in [2.45, 2.75) is 33.6 Å². The quantitative estimate of drug-likeness (QED) is 0.797. The molecule has 0 aliphatic rings. The molecule has 1 rings (SSSR count). The molecule has 0 spiro atoms.